The SMILES string of the molecule is CNS(=O)(=O)c1ccnn1-c1cc(F)ccc1F. The van der Waals surface area contributed by atoms with Gasteiger partial charge in [-0.05, 0) is 25.2 Å². The Morgan fingerprint density at radius 3 is 2.67 bits per heavy atom. The standard InChI is InChI=1S/C10H9F2N3O2S/c1-13-18(16,17)10-4-5-14-15(10)9-6-7(11)2-3-8(9)12/h2-6,13H,1H3. The monoisotopic (exact) mass is 273 g/mol. The zero-order valence-electron chi connectivity index (χ0n) is 9.26. The maximum Gasteiger partial charge on any atom is 0.257 e. The number of hydrogen-bond acceptors (Lipinski definition) is 3. The molecule has 0 atom stereocenters. The van der Waals surface area contributed by atoms with Crippen molar-refractivity contribution < 1.29 is 17.2 Å². The molecule has 0 unspecified atom stereocenters. The molecule has 1 N–H and O–H groups in total. The van der Waals surface area contributed by atoms with Crippen molar-refractivity contribution in [1.29, 1.82) is 0 Å². The van der Waals surface area contributed by atoms with E-state index in [4.69, 9.17) is 0 Å². The highest BCUT2D eigenvalue weighted by molar-refractivity contribution is 7.89. The van der Waals surface area contributed by atoms with Gasteiger partial charge in [-0.25, -0.2) is 26.6 Å². The Morgan fingerprint density at radius 2 is 2.00 bits per heavy atom. The average molecular weight is 273 g/mol. The summed E-state index contributed by atoms with van der Waals surface area (Å²) in [5, 5.41) is 3.42. The molecular formula is C10H9F2N3O2S. The van der Waals surface area contributed by atoms with Gasteiger partial charge in [0.25, 0.3) is 10.0 Å². The number of aromatic nitrogens is 2. The number of benzene rings is 1. The van der Waals surface area contributed by atoms with Gasteiger partial charge in [-0.3, -0.25) is 0 Å². The minimum atomic E-state index is -3.80. The van der Waals surface area contributed by atoms with Crippen LogP contribution in [0.25, 0.3) is 5.69 Å². The Balaban J connectivity index is 2.67. The van der Waals surface area contributed by atoms with E-state index in [1.54, 1.807) is 0 Å². The lowest BCUT2D eigenvalue weighted by molar-refractivity contribution is 0.563. The van der Waals surface area contributed by atoms with E-state index in [0.717, 1.165) is 22.9 Å². The maximum atomic E-state index is 13.6. The molecule has 0 amide bonds. The number of nitrogens with zero attached hydrogens (tertiary/aromatic N) is 2. The quantitative estimate of drug-likeness (QED) is 0.909. The summed E-state index contributed by atoms with van der Waals surface area (Å²) in [7, 11) is -2.59. The van der Waals surface area contributed by atoms with Crippen molar-refractivity contribution in [3.8, 4) is 5.69 Å². The molecule has 0 spiro atoms. The Hall–Kier alpha value is -1.80. The first-order chi connectivity index (χ1) is 8.45. The molecule has 1 aromatic heterocycles. The Kier molecular flexibility index (Phi) is 3.14. The first-order valence-electron chi connectivity index (χ1n) is 4.89. The van der Waals surface area contributed by atoms with Crippen LogP contribution in [0.5, 0.6) is 0 Å². The minimum absolute atomic E-state index is 0.269. The minimum Gasteiger partial charge on any atom is -0.218 e. The predicted molar refractivity (Wildman–Crippen MR) is 59.7 cm³/mol. The first kappa shape index (κ1) is 12.7. The molecule has 0 saturated carbocycles. The predicted octanol–water partition coefficient (Wildman–Crippen LogP) is 1.06. The summed E-state index contributed by atoms with van der Waals surface area (Å²) in [4.78, 5) is 0. The molecule has 1 heterocycles. The summed E-state index contributed by atoms with van der Waals surface area (Å²) in [5.74, 6) is -1.46. The Morgan fingerprint density at radius 1 is 1.28 bits per heavy atom. The van der Waals surface area contributed by atoms with Crippen molar-refractivity contribution in [3.05, 3.63) is 42.1 Å². The number of rotatable bonds is 3. The molecule has 0 aliphatic rings. The Bertz CT molecular complexity index is 682. The molecule has 18 heavy (non-hydrogen) atoms. The molecule has 8 heteroatoms. The highest BCUT2D eigenvalue weighted by Crippen LogP contribution is 2.18. The zero-order chi connectivity index (χ0) is 13.3. The van der Waals surface area contributed by atoms with Gasteiger partial charge >= 0.3 is 0 Å². The number of halogens is 2. The summed E-state index contributed by atoms with van der Waals surface area (Å²) >= 11 is 0. The van der Waals surface area contributed by atoms with E-state index >= 15 is 0 Å². The van der Waals surface area contributed by atoms with Gasteiger partial charge in [0, 0.05) is 6.07 Å². The fourth-order valence-corrected chi connectivity index (χ4v) is 2.25. The molecule has 5 nitrogen and oxygen atoms in total. The Labute approximate surface area is 102 Å². The molecule has 1 aromatic carbocycles. The van der Waals surface area contributed by atoms with Gasteiger partial charge in [0.1, 0.15) is 17.3 Å². The molecule has 0 bridgehead atoms. The lowest BCUT2D eigenvalue weighted by Crippen LogP contribution is -2.22. The van der Waals surface area contributed by atoms with Crippen LogP contribution in [0, 0.1) is 11.6 Å². The normalized spacial score (nSPS) is 11.7. The van der Waals surface area contributed by atoms with E-state index < -0.39 is 21.7 Å². The molecule has 2 rings (SSSR count). The van der Waals surface area contributed by atoms with Gasteiger partial charge in [-0.1, -0.05) is 0 Å². The second-order valence-corrected chi connectivity index (χ2v) is 5.22. The topological polar surface area (TPSA) is 64.0 Å². The summed E-state index contributed by atoms with van der Waals surface area (Å²) in [5.41, 5.74) is -0.270. The lowest BCUT2D eigenvalue weighted by Gasteiger charge is -2.08. The van der Waals surface area contributed by atoms with Gasteiger partial charge in [0.15, 0.2) is 5.03 Å². The van der Waals surface area contributed by atoms with Gasteiger partial charge < -0.3 is 0 Å². The molecule has 0 aliphatic carbocycles. The van der Waals surface area contributed by atoms with E-state index in [2.05, 4.69) is 9.82 Å². The molecule has 0 aliphatic heterocycles. The number of sulfonamides is 1. The fraction of sp³-hybridized carbons (Fsp3) is 0.100. The maximum absolute atomic E-state index is 13.6. The smallest absolute Gasteiger partial charge is 0.218 e. The van der Waals surface area contributed by atoms with Crippen LogP contribution in [0.1, 0.15) is 0 Å². The summed E-state index contributed by atoms with van der Waals surface area (Å²) in [6.45, 7) is 0. The van der Waals surface area contributed by atoms with Crippen LogP contribution >= 0.6 is 0 Å². The molecule has 0 fully saturated rings. The largest absolute Gasteiger partial charge is 0.257 e. The average Bonchev–Trinajstić information content (AvgIpc) is 2.82. The van der Waals surface area contributed by atoms with Gasteiger partial charge in [-0.15, -0.1) is 0 Å². The van der Waals surface area contributed by atoms with Crippen LogP contribution < -0.4 is 4.72 Å². The van der Waals surface area contributed by atoms with Crippen LogP contribution in [-0.4, -0.2) is 25.2 Å². The number of nitrogens with one attached hydrogen (secondary N) is 1. The summed E-state index contributed by atoms with van der Waals surface area (Å²) < 4.78 is 52.9. The third-order valence-corrected chi connectivity index (χ3v) is 3.69. The highest BCUT2D eigenvalue weighted by atomic mass is 32.2. The van der Waals surface area contributed by atoms with Gasteiger partial charge in [0.05, 0.1) is 6.20 Å². The summed E-state index contributed by atoms with van der Waals surface area (Å²) in [6.07, 6.45) is 1.19. The molecule has 96 valence electrons. The van der Waals surface area contributed by atoms with Crippen LogP contribution in [0.15, 0.2) is 35.5 Å². The molecule has 0 radical (unpaired) electrons. The summed E-state index contributed by atoms with van der Waals surface area (Å²) in [6, 6.07) is 3.91. The molecule has 2 aromatic rings. The van der Waals surface area contributed by atoms with E-state index in [1.807, 2.05) is 0 Å². The highest BCUT2D eigenvalue weighted by Gasteiger charge is 2.20. The van der Waals surface area contributed by atoms with E-state index in [-0.39, 0.29) is 10.7 Å². The van der Waals surface area contributed by atoms with Crippen molar-refractivity contribution in [2.75, 3.05) is 7.05 Å². The number of hydrogen-bond donors (Lipinski definition) is 1. The third-order valence-electron chi connectivity index (χ3n) is 2.29. The van der Waals surface area contributed by atoms with E-state index in [1.165, 1.54) is 19.3 Å². The van der Waals surface area contributed by atoms with E-state index in [0.29, 0.717) is 0 Å². The first-order valence-corrected chi connectivity index (χ1v) is 6.37. The van der Waals surface area contributed by atoms with Crippen LogP contribution in [-0.2, 0) is 10.0 Å². The van der Waals surface area contributed by atoms with Crippen molar-refractivity contribution >= 4 is 10.0 Å². The second-order valence-electron chi connectivity index (χ2n) is 3.38. The van der Waals surface area contributed by atoms with E-state index in [9.17, 15) is 17.2 Å². The zero-order valence-corrected chi connectivity index (χ0v) is 10.1. The van der Waals surface area contributed by atoms with Crippen molar-refractivity contribution in [2.45, 2.75) is 5.03 Å². The van der Waals surface area contributed by atoms with Gasteiger partial charge in [0.2, 0.25) is 0 Å². The van der Waals surface area contributed by atoms with Crippen LogP contribution in [0.4, 0.5) is 8.78 Å². The molecular weight excluding hydrogens is 264 g/mol. The van der Waals surface area contributed by atoms with Crippen molar-refractivity contribution in [1.82, 2.24) is 14.5 Å². The fourth-order valence-electron chi connectivity index (χ4n) is 1.43. The lowest BCUT2D eigenvalue weighted by atomic mass is 10.3. The third kappa shape index (κ3) is 2.12. The van der Waals surface area contributed by atoms with Crippen molar-refractivity contribution in [2.24, 2.45) is 0 Å². The van der Waals surface area contributed by atoms with Crippen LogP contribution in [0.2, 0.25) is 0 Å². The van der Waals surface area contributed by atoms with Crippen molar-refractivity contribution in [3.63, 3.8) is 0 Å². The second kappa shape index (κ2) is 4.46. The molecule has 0 saturated heterocycles. The van der Waals surface area contributed by atoms with Gasteiger partial charge in [-0.2, -0.15) is 5.10 Å². The van der Waals surface area contributed by atoms with Crippen LogP contribution in [0.3, 0.4) is 0 Å².